The van der Waals surface area contributed by atoms with E-state index in [9.17, 15) is 4.39 Å². The van der Waals surface area contributed by atoms with E-state index in [4.69, 9.17) is 4.42 Å². The molecule has 2 aromatic rings. The molecule has 1 N–H and O–H groups in total. The lowest BCUT2D eigenvalue weighted by Gasteiger charge is -2.18. The predicted octanol–water partition coefficient (Wildman–Crippen LogP) is 4.58. The van der Waals surface area contributed by atoms with E-state index in [1.54, 1.807) is 12.3 Å². The molecule has 0 aliphatic carbocycles. The van der Waals surface area contributed by atoms with Crippen molar-refractivity contribution >= 4 is 15.9 Å². The van der Waals surface area contributed by atoms with Crippen LogP contribution < -0.4 is 5.32 Å². The van der Waals surface area contributed by atoms with Crippen molar-refractivity contribution in [1.29, 1.82) is 0 Å². The predicted molar refractivity (Wildman–Crippen MR) is 77.7 cm³/mol. The van der Waals surface area contributed by atoms with Crippen LogP contribution in [-0.2, 0) is 0 Å². The first-order valence-electron chi connectivity index (χ1n) is 6.35. The molecule has 0 amide bonds. The van der Waals surface area contributed by atoms with Gasteiger partial charge in [0.1, 0.15) is 11.6 Å². The van der Waals surface area contributed by atoms with Crippen molar-refractivity contribution in [3.8, 4) is 0 Å². The summed E-state index contributed by atoms with van der Waals surface area (Å²) in [4.78, 5) is 0. The Balaban J connectivity index is 2.42. The standard InChI is InChI=1S/C15H17BrFNO/c1-3-7-18-14(15-12(16)6-8-19-15)11-9-10(2)4-5-13(11)17/h4-6,8-9,14,18H,3,7H2,1-2H3. The van der Waals surface area contributed by atoms with Gasteiger partial charge in [0.15, 0.2) is 0 Å². The van der Waals surface area contributed by atoms with Crippen molar-refractivity contribution in [1.82, 2.24) is 5.32 Å². The second kappa shape index (κ2) is 6.35. The van der Waals surface area contributed by atoms with Crippen molar-refractivity contribution in [2.24, 2.45) is 0 Å². The lowest BCUT2D eigenvalue weighted by atomic mass is 10.0. The number of furan rings is 1. The molecule has 2 rings (SSSR count). The summed E-state index contributed by atoms with van der Waals surface area (Å²) < 4.78 is 20.4. The number of halogens is 2. The Morgan fingerprint density at radius 3 is 2.79 bits per heavy atom. The van der Waals surface area contributed by atoms with Crippen LogP contribution >= 0.6 is 15.9 Å². The third kappa shape index (κ3) is 3.25. The summed E-state index contributed by atoms with van der Waals surface area (Å²) in [6.45, 7) is 4.83. The lowest BCUT2D eigenvalue weighted by molar-refractivity contribution is 0.434. The van der Waals surface area contributed by atoms with E-state index in [-0.39, 0.29) is 11.9 Å². The van der Waals surface area contributed by atoms with Crippen LogP contribution in [0.3, 0.4) is 0 Å². The van der Waals surface area contributed by atoms with Crippen LogP contribution in [0.1, 0.15) is 36.3 Å². The number of aryl methyl sites for hydroxylation is 1. The molecule has 4 heteroatoms. The molecule has 0 radical (unpaired) electrons. The maximum absolute atomic E-state index is 14.1. The Labute approximate surface area is 121 Å². The van der Waals surface area contributed by atoms with E-state index in [1.165, 1.54) is 6.07 Å². The molecule has 1 aromatic carbocycles. The highest BCUT2D eigenvalue weighted by atomic mass is 79.9. The number of rotatable bonds is 5. The van der Waals surface area contributed by atoms with Gasteiger partial charge in [0.05, 0.1) is 16.8 Å². The van der Waals surface area contributed by atoms with E-state index < -0.39 is 0 Å². The molecule has 0 aliphatic rings. The molecule has 0 saturated heterocycles. The fraction of sp³-hybridized carbons (Fsp3) is 0.333. The Morgan fingerprint density at radius 1 is 1.37 bits per heavy atom. The number of hydrogen-bond donors (Lipinski definition) is 1. The monoisotopic (exact) mass is 325 g/mol. The second-order valence-corrected chi connectivity index (χ2v) is 5.40. The second-order valence-electron chi connectivity index (χ2n) is 4.54. The van der Waals surface area contributed by atoms with Gasteiger partial charge in [-0.2, -0.15) is 0 Å². The SMILES string of the molecule is CCCNC(c1cc(C)ccc1F)c1occc1Br. The molecule has 0 fully saturated rings. The minimum absolute atomic E-state index is 0.220. The summed E-state index contributed by atoms with van der Waals surface area (Å²) in [5.74, 6) is 0.487. The summed E-state index contributed by atoms with van der Waals surface area (Å²) in [6, 6.07) is 6.68. The van der Waals surface area contributed by atoms with Gasteiger partial charge in [-0.25, -0.2) is 4.39 Å². The number of nitrogens with one attached hydrogen (secondary N) is 1. The molecule has 0 aliphatic heterocycles. The average molecular weight is 326 g/mol. The zero-order chi connectivity index (χ0) is 13.8. The van der Waals surface area contributed by atoms with Crippen LogP contribution in [0.5, 0.6) is 0 Å². The fourth-order valence-corrected chi connectivity index (χ4v) is 2.46. The van der Waals surface area contributed by atoms with Gasteiger partial charge >= 0.3 is 0 Å². The summed E-state index contributed by atoms with van der Waals surface area (Å²) in [7, 11) is 0. The van der Waals surface area contributed by atoms with Crippen molar-refractivity contribution in [3.63, 3.8) is 0 Å². The maximum Gasteiger partial charge on any atom is 0.139 e. The molecule has 1 aromatic heterocycles. The van der Waals surface area contributed by atoms with Crippen LogP contribution in [0, 0.1) is 12.7 Å². The molecule has 0 spiro atoms. The summed E-state index contributed by atoms with van der Waals surface area (Å²) in [6.07, 6.45) is 2.58. The van der Waals surface area contributed by atoms with E-state index in [1.807, 2.05) is 19.1 Å². The van der Waals surface area contributed by atoms with Crippen LogP contribution in [-0.4, -0.2) is 6.54 Å². The van der Waals surface area contributed by atoms with Gasteiger partial charge in [-0.15, -0.1) is 0 Å². The van der Waals surface area contributed by atoms with Gasteiger partial charge in [-0.3, -0.25) is 0 Å². The smallest absolute Gasteiger partial charge is 0.139 e. The van der Waals surface area contributed by atoms with Crippen LogP contribution in [0.15, 0.2) is 39.4 Å². The Hall–Kier alpha value is -1.13. The van der Waals surface area contributed by atoms with Gasteiger partial charge < -0.3 is 9.73 Å². The van der Waals surface area contributed by atoms with E-state index in [0.29, 0.717) is 11.3 Å². The normalized spacial score (nSPS) is 12.6. The summed E-state index contributed by atoms with van der Waals surface area (Å²) in [5, 5.41) is 3.33. The minimum Gasteiger partial charge on any atom is -0.466 e. The number of benzene rings is 1. The first-order valence-corrected chi connectivity index (χ1v) is 7.15. The van der Waals surface area contributed by atoms with E-state index in [0.717, 1.165) is 23.0 Å². The first-order chi connectivity index (χ1) is 9.13. The fourth-order valence-electron chi connectivity index (χ4n) is 2.03. The maximum atomic E-state index is 14.1. The van der Waals surface area contributed by atoms with Gasteiger partial charge in [0.2, 0.25) is 0 Å². The molecule has 2 nitrogen and oxygen atoms in total. The average Bonchev–Trinajstić information content (AvgIpc) is 2.80. The Bertz CT molecular complexity index is 553. The van der Waals surface area contributed by atoms with Crippen molar-refractivity contribution < 1.29 is 8.81 Å². The van der Waals surface area contributed by atoms with Gasteiger partial charge in [-0.1, -0.05) is 24.6 Å². The molecule has 1 heterocycles. The van der Waals surface area contributed by atoms with Crippen molar-refractivity contribution in [3.05, 3.63) is 57.7 Å². The summed E-state index contributed by atoms with van der Waals surface area (Å²) >= 11 is 3.44. The molecule has 102 valence electrons. The Kier molecular flexibility index (Phi) is 4.77. The number of hydrogen-bond acceptors (Lipinski definition) is 2. The lowest BCUT2D eigenvalue weighted by Crippen LogP contribution is -2.24. The third-order valence-electron chi connectivity index (χ3n) is 2.97. The highest BCUT2D eigenvalue weighted by Gasteiger charge is 2.22. The van der Waals surface area contributed by atoms with Crippen molar-refractivity contribution in [2.75, 3.05) is 6.54 Å². The molecule has 0 bridgehead atoms. The van der Waals surface area contributed by atoms with E-state index in [2.05, 4.69) is 28.2 Å². The van der Waals surface area contributed by atoms with Gasteiger partial charge in [0.25, 0.3) is 0 Å². The highest BCUT2D eigenvalue weighted by molar-refractivity contribution is 9.10. The minimum atomic E-state index is -0.274. The molecular weight excluding hydrogens is 309 g/mol. The first kappa shape index (κ1) is 14.3. The molecule has 1 unspecified atom stereocenters. The molecular formula is C15H17BrFNO. The molecule has 19 heavy (non-hydrogen) atoms. The summed E-state index contributed by atoms with van der Waals surface area (Å²) in [5.41, 5.74) is 1.64. The third-order valence-corrected chi connectivity index (χ3v) is 3.62. The Morgan fingerprint density at radius 2 is 2.16 bits per heavy atom. The van der Waals surface area contributed by atoms with Crippen LogP contribution in [0.2, 0.25) is 0 Å². The van der Waals surface area contributed by atoms with Gasteiger partial charge in [0, 0.05) is 5.56 Å². The largest absolute Gasteiger partial charge is 0.466 e. The molecule has 0 saturated carbocycles. The van der Waals surface area contributed by atoms with Crippen LogP contribution in [0.4, 0.5) is 4.39 Å². The van der Waals surface area contributed by atoms with Gasteiger partial charge in [-0.05, 0) is 48.0 Å². The zero-order valence-corrected chi connectivity index (χ0v) is 12.6. The van der Waals surface area contributed by atoms with E-state index >= 15 is 0 Å². The van der Waals surface area contributed by atoms with Crippen LogP contribution in [0.25, 0.3) is 0 Å². The highest BCUT2D eigenvalue weighted by Crippen LogP contribution is 2.31. The zero-order valence-electron chi connectivity index (χ0n) is 11.0. The quantitative estimate of drug-likeness (QED) is 0.870. The molecule has 1 atom stereocenters. The van der Waals surface area contributed by atoms with Crippen molar-refractivity contribution in [2.45, 2.75) is 26.3 Å². The topological polar surface area (TPSA) is 25.2 Å².